The predicted molar refractivity (Wildman–Crippen MR) is 59.2 cm³/mol. The van der Waals surface area contributed by atoms with Gasteiger partial charge in [0.2, 0.25) is 5.88 Å². The number of rotatable bonds is 2. The van der Waals surface area contributed by atoms with Crippen LogP contribution in [-0.2, 0) is 12.6 Å². The molecule has 1 aromatic heterocycles. The molecule has 0 amide bonds. The SMILES string of the molecule is COc1cccc(N(C)C(=S)[S-])n1.[K+]. The van der Waals surface area contributed by atoms with Crippen LogP contribution in [0.3, 0.4) is 0 Å². The first-order valence-corrected chi connectivity index (χ1v) is 4.42. The van der Waals surface area contributed by atoms with Crippen molar-refractivity contribution < 1.29 is 56.1 Å². The van der Waals surface area contributed by atoms with Crippen molar-refractivity contribution in [1.29, 1.82) is 0 Å². The van der Waals surface area contributed by atoms with Crippen molar-refractivity contribution in [1.82, 2.24) is 4.98 Å². The molecule has 3 nitrogen and oxygen atoms in total. The van der Waals surface area contributed by atoms with Gasteiger partial charge in [-0.2, -0.15) is 4.98 Å². The molecule has 0 aromatic carbocycles. The van der Waals surface area contributed by atoms with Crippen molar-refractivity contribution in [3.8, 4) is 5.88 Å². The molecule has 0 bridgehead atoms. The molecule has 1 rings (SSSR count). The third kappa shape index (κ3) is 4.06. The van der Waals surface area contributed by atoms with Gasteiger partial charge in [-0.05, 0) is 6.07 Å². The Labute approximate surface area is 137 Å². The van der Waals surface area contributed by atoms with Crippen molar-refractivity contribution in [3.05, 3.63) is 18.2 Å². The Bertz CT molecular complexity index is 322. The minimum absolute atomic E-state index is 0. The smallest absolute Gasteiger partial charge is 0.481 e. The summed E-state index contributed by atoms with van der Waals surface area (Å²) in [4.78, 5) is 5.81. The van der Waals surface area contributed by atoms with Gasteiger partial charge >= 0.3 is 51.4 Å². The Morgan fingerprint density at radius 1 is 1.57 bits per heavy atom. The van der Waals surface area contributed by atoms with Crippen molar-refractivity contribution in [2.45, 2.75) is 0 Å². The zero-order valence-electron chi connectivity index (χ0n) is 8.35. The van der Waals surface area contributed by atoms with Crippen LogP contribution in [0.2, 0.25) is 0 Å². The van der Waals surface area contributed by atoms with Crippen LogP contribution in [0.5, 0.6) is 5.88 Å². The normalized spacial score (nSPS) is 8.71. The van der Waals surface area contributed by atoms with Gasteiger partial charge < -0.3 is 34.5 Å². The monoisotopic (exact) mass is 252 g/mol. The van der Waals surface area contributed by atoms with E-state index in [1.54, 1.807) is 25.1 Å². The van der Waals surface area contributed by atoms with Gasteiger partial charge in [-0.1, -0.05) is 10.4 Å². The van der Waals surface area contributed by atoms with Crippen LogP contribution in [-0.4, -0.2) is 23.5 Å². The van der Waals surface area contributed by atoms with Crippen molar-refractivity contribution in [2.24, 2.45) is 0 Å². The molecule has 0 spiro atoms. The second kappa shape index (κ2) is 7.05. The average molecular weight is 252 g/mol. The summed E-state index contributed by atoms with van der Waals surface area (Å²) in [6.07, 6.45) is 0. The van der Waals surface area contributed by atoms with E-state index < -0.39 is 0 Å². The quantitative estimate of drug-likeness (QED) is 0.357. The first kappa shape index (κ1) is 14.7. The van der Waals surface area contributed by atoms with Crippen LogP contribution in [0.4, 0.5) is 5.82 Å². The van der Waals surface area contributed by atoms with Gasteiger partial charge in [-0.15, -0.1) is 0 Å². The van der Waals surface area contributed by atoms with Crippen LogP contribution < -0.4 is 61.0 Å². The van der Waals surface area contributed by atoms with Gasteiger partial charge in [-0.3, -0.25) is 0 Å². The molecule has 1 heterocycles. The maximum Gasteiger partial charge on any atom is 1.00 e. The third-order valence-corrected chi connectivity index (χ3v) is 2.08. The van der Waals surface area contributed by atoms with Crippen LogP contribution in [0.25, 0.3) is 0 Å². The van der Waals surface area contributed by atoms with E-state index in [-0.39, 0.29) is 51.4 Å². The number of aromatic nitrogens is 1. The molecule has 14 heavy (non-hydrogen) atoms. The second-order valence-corrected chi connectivity index (χ2v) is 3.39. The van der Waals surface area contributed by atoms with E-state index in [1.165, 1.54) is 0 Å². The molecule has 0 atom stereocenters. The van der Waals surface area contributed by atoms with E-state index in [4.69, 9.17) is 29.6 Å². The summed E-state index contributed by atoms with van der Waals surface area (Å²) in [6, 6.07) is 5.43. The molecule has 0 aliphatic carbocycles. The molecule has 0 radical (unpaired) electrons. The summed E-state index contributed by atoms with van der Waals surface area (Å²) < 4.78 is 5.33. The maximum absolute atomic E-state index is 4.97. The summed E-state index contributed by atoms with van der Waals surface area (Å²) in [5, 5.41) is 0. The number of hydrogen-bond acceptors (Lipinski definition) is 4. The standard InChI is InChI=1S/C8H10N2OS2.K/c1-10(8(12)13)6-4-3-5-7(9-6)11-2;/h3-5H,1-2H3,(H,12,13);/q;+1/p-1. The van der Waals surface area contributed by atoms with Crippen molar-refractivity contribution >= 4 is 35.0 Å². The maximum atomic E-state index is 4.97. The minimum atomic E-state index is 0. The van der Waals surface area contributed by atoms with Gasteiger partial charge in [-0.25, -0.2) is 0 Å². The van der Waals surface area contributed by atoms with Crippen LogP contribution >= 0.6 is 12.2 Å². The summed E-state index contributed by atoms with van der Waals surface area (Å²) in [5.41, 5.74) is 0. The number of hydrogen-bond donors (Lipinski definition) is 0. The van der Waals surface area contributed by atoms with Crippen molar-refractivity contribution in [3.63, 3.8) is 0 Å². The van der Waals surface area contributed by atoms with E-state index in [0.717, 1.165) is 0 Å². The van der Waals surface area contributed by atoms with Crippen molar-refractivity contribution in [2.75, 3.05) is 19.1 Å². The summed E-state index contributed by atoms with van der Waals surface area (Å²) in [7, 11) is 3.34. The Kier molecular flexibility index (Phi) is 7.40. The molecule has 0 aliphatic rings. The van der Waals surface area contributed by atoms with Gasteiger partial charge in [0.25, 0.3) is 0 Å². The van der Waals surface area contributed by atoms with Gasteiger partial charge in [0.1, 0.15) is 5.82 Å². The first-order chi connectivity index (χ1) is 6.15. The van der Waals surface area contributed by atoms with E-state index in [0.29, 0.717) is 16.0 Å². The number of anilines is 1. The summed E-state index contributed by atoms with van der Waals surface area (Å²) >= 11 is 9.68. The number of methoxy groups -OCH3 is 1. The number of nitrogens with zero attached hydrogens (tertiary/aromatic N) is 2. The molecule has 0 saturated heterocycles. The molecule has 0 unspecified atom stereocenters. The average Bonchev–Trinajstić information content (AvgIpc) is 2.16. The molecule has 0 saturated carbocycles. The Morgan fingerprint density at radius 2 is 2.21 bits per heavy atom. The van der Waals surface area contributed by atoms with Gasteiger partial charge in [0.15, 0.2) is 0 Å². The zero-order valence-corrected chi connectivity index (χ0v) is 13.1. The largest absolute Gasteiger partial charge is 1.00 e. The van der Waals surface area contributed by atoms with Crippen LogP contribution in [0.15, 0.2) is 18.2 Å². The van der Waals surface area contributed by atoms with E-state index >= 15 is 0 Å². The predicted octanol–water partition coefficient (Wildman–Crippen LogP) is -1.64. The molecule has 1 aromatic rings. The second-order valence-electron chi connectivity index (χ2n) is 2.36. The third-order valence-electron chi connectivity index (χ3n) is 1.54. The minimum Gasteiger partial charge on any atom is -0.481 e. The van der Waals surface area contributed by atoms with Gasteiger partial charge in [0, 0.05) is 13.1 Å². The topological polar surface area (TPSA) is 25.4 Å². The van der Waals surface area contributed by atoms with Crippen LogP contribution in [0, 0.1) is 0 Å². The fourth-order valence-corrected chi connectivity index (χ4v) is 0.985. The number of ether oxygens (including phenoxy) is 1. The molecule has 0 N–H and O–H groups in total. The van der Waals surface area contributed by atoms with E-state index in [2.05, 4.69) is 4.98 Å². The molecule has 0 fully saturated rings. The van der Waals surface area contributed by atoms with E-state index in [9.17, 15) is 0 Å². The fraction of sp³-hybridized carbons (Fsp3) is 0.250. The molecular weight excluding hydrogens is 243 g/mol. The number of pyridine rings is 1. The Morgan fingerprint density at radius 3 is 2.71 bits per heavy atom. The Balaban J connectivity index is 0.00000169. The zero-order chi connectivity index (χ0) is 9.84. The first-order valence-electron chi connectivity index (χ1n) is 3.61. The molecule has 0 aliphatic heterocycles. The molecule has 70 valence electrons. The van der Waals surface area contributed by atoms with E-state index in [1.807, 2.05) is 12.1 Å². The summed E-state index contributed by atoms with van der Waals surface area (Å²) in [6.45, 7) is 0. The fourth-order valence-electron chi connectivity index (χ4n) is 0.798. The molecular formula is C8H9KN2OS2. The van der Waals surface area contributed by atoms with Gasteiger partial charge in [0.05, 0.1) is 7.11 Å². The van der Waals surface area contributed by atoms with Crippen LogP contribution in [0.1, 0.15) is 0 Å². The summed E-state index contributed by atoms with van der Waals surface area (Å²) in [5.74, 6) is 1.25. The molecule has 6 heteroatoms. The Hall–Kier alpha value is 0.696. The number of thiocarbonyl (C=S) groups is 1.